The minimum Gasteiger partial charge on any atom is -0.395 e. The minimum absolute atomic E-state index is 0.114. The molecule has 0 saturated heterocycles. The van der Waals surface area contributed by atoms with Crippen molar-refractivity contribution in [3.63, 3.8) is 0 Å². The zero-order valence-electron chi connectivity index (χ0n) is 17.1. The molecular weight excluding hydrogens is 390 g/mol. The van der Waals surface area contributed by atoms with Gasteiger partial charge in [-0.1, -0.05) is 44.3 Å². The van der Waals surface area contributed by atoms with Gasteiger partial charge < -0.3 is 21.3 Å². The molecule has 1 aromatic heterocycles. The Hall–Kier alpha value is -2.56. The van der Waals surface area contributed by atoms with Crippen LogP contribution in [0.4, 0.5) is 11.4 Å². The van der Waals surface area contributed by atoms with E-state index in [0.717, 1.165) is 45.1 Å². The largest absolute Gasteiger partial charge is 0.395 e. The van der Waals surface area contributed by atoms with Gasteiger partial charge in [-0.3, -0.25) is 10.1 Å². The third kappa shape index (κ3) is 7.36. The van der Waals surface area contributed by atoms with Crippen LogP contribution < -0.4 is 11.1 Å². The number of anilines is 1. The number of rotatable bonds is 15. The lowest BCUT2D eigenvalue weighted by atomic mass is 10.1. The van der Waals surface area contributed by atoms with Gasteiger partial charge in [0.05, 0.1) is 29.4 Å². The molecule has 0 spiro atoms. The highest BCUT2D eigenvalue weighted by Gasteiger charge is 2.19. The van der Waals surface area contributed by atoms with Gasteiger partial charge in [0.1, 0.15) is 0 Å². The summed E-state index contributed by atoms with van der Waals surface area (Å²) in [4.78, 5) is 10.5. The van der Waals surface area contributed by atoms with Gasteiger partial charge >= 0.3 is 5.69 Å². The van der Waals surface area contributed by atoms with Crippen LogP contribution in [0.15, 0.2) is 28.9 Å². The molecule has 1 aromatic carbocycles. The van der Waals surface area contributed by atoms with E-state index >= 15 is 0 Å². The van der Waals surface area contributed by atoms with Crippen molar-refractivity contribution < 1.29 is 19.8 Å². The second-order valence-corrected chi connectivity index (χ2v) is 7.31. The zero-order chi connectivity index (χ0) is 21.8. The van der Waals surface area contributed by atoms with E-state index in [4.69, 9.17) is 10.8 Å². The monoisotopic (exact) mass is 421 g/mol. The van der Waals surface area contributed by atoms with Crippen molar-refractivity contribution in [2.75, 3.05) is 18.5 Å². The first-order chi connectivity index (χ1) is 14.5. The Morgan fingerprint density at radius 1 is 1.13 bits per heavy atom. The van der Waals surface area contributed by atoms with Crippen LogP contribution in [0.1, 0.15) is 51.4 Å². The fraction of sp³-hybridized carbons (Fsp3) is 0.600. The molecule has 0 bridgehead atoms. The molecule has 1 heterocycles. The Balaban J connectivity index is 1.53. The summed E-state index contributed by atoms with van der Waals surface area (Å²) in [6.45, 7) is 0.527. The first kappa shape index (κ1) is 23.7. The summed E-state index contributed by atoms with van der Waals surface area (Å²) in [5, 5.41) is 40.1. The Labute approximate surface area is 175 Å². The maximum Gasteiger partial charge on any atom is 0.300 e. The van der Waals surface area contributed by atoms with Gasteiger partial charge in [0.2, 0.25) is 5.52 Å². The van der Waals surface area contributed by atoms with Crippen LogP contribution in [0.25, 0.3) is 11.0 Å². The summed E-state index contributed by atoms with van der Waals surface area (Å²) in [6.07, 6.45) is 11.5. The molecule has 2 atom stereocenters. The molecule has 2 rings (SSSR count). The van der Waals surface area contributed by atoms with Crippen LogP contribution in [0.3, 0.4) is 0 Å². The van der Waals surface area contributed by atoms with E-state index < -0.39 is 17.1 Å². The number of unbranched alkanes of at least 4 members (excludes halogenated alkanes) is 7. The molecule has 0 radical (unpaired) electrons. The molecule has 0 aliphatic carbocycles. The number of fused-ring (bicyclic) bond motifs is 1. The van der Waals surface area contributed by atoms with Crippen LogP contribution in [0.5, 0.6) is 0 Å². The quantitative estimate of drug-likeness (QED) is 0.147. The number of benzene rings is 1. The van der Waals surface area contributed by atoms with Crippen molar-refractivity contribution in [2.24, 2.45) is 5.73 Å². The predicted octanol–water partition coefficient (Wildman–Crippen LogP) is 2.90. The highest BCUT2D eigenvalue weighted by molar-refractivity contribution is 5.93. The standard InChI is InChI=1S/C20H31N5O5/c21-15(14-26)18(27)10-8-6-4-2-1-3-5-7-9-13-22-16-11-12-17(25(28)29)20-19(16)23-30-24-20/h8,10-12,15,18,22,26-27H,1-7,9,13-14,21H2/b10-8+/t15-,18+/m0/s1. The third-order valence-corrected chi connectivity index (χ3v) is 4.94. The highest BCUT2D eigenvalue weighted by Crippen LogP contribution is 2.28. The Morgan fingerprint density at radius 2 is 1.80 bits per heavy atom. The average Bonchev–Trinajstić information content (AvgIpc) is 3.23. The number of aliphatic hydroxyl groups is 2. The number of aliphatic hydroxyl groups excluding tert-OH is 2. The molecule has 30 heavy (non-hydrogen) atoms. The summed E-state index contributed by atoms with van der Waals surface area (Å²) >= 11 is 0. The molecule has 0 aliphatic heterocycles. The SMILES string of the molecule is N[C@@H](CO)[C@H](O)/C=C/CCCCCCCCCNc1ccc([N+](=O)[O-])c2nonc12. The Morgan fingerprint density at radius 3 is 2.50 bits per heavy atom. The van der Waals surface area contributed by atoms with Crippen LogP contribution in [0.2, 0.25) is 0 Å². The smallest absolute Gasteiger partial charge is 0.300 e. The van der Waals surface area contributed by atoms with Crippen LogP contribution in [0, 0.1) is 10.1 Å². The number of allylic oxidation sites excluding steroid dienone is 1. The lowest BCUT2D eigenvalue weighted by Gasteiger charge is -2.11. The van der Waals surface area contributed by atoms with E-state index in [2.05, 4.69) is 20.3 Å². The third-order valence-electron chi connectivity index (χ3n) is 4.94. The predicted molar refractivity (Wildman–Crippen MR) is 114 cm³/mol. The van der Waals surface area contributed by atoms with Gasteiger partial charge in [-0.05, 0) is 35.6 Å². The van der Waals surface area contributed by atoms with E-state index in [1.807, 2.05) is 6.08 Å². The van der Waals surface area contributed by atoms with Crippen molar-refractivity contribution in [3.05, 3.63) is 34.4 Å². The van der Waals surface area contributed by atoms with E-state index in [-0.39, 0.29) is 17.8 Å². The van der Waals surface area contributed by atoms with E-state index in [1.54, 1.807) is 12.1 Å². The van der Waals surface area contributed by atoms with Crippen LogP contribution in [-0.2, 0) is 0 Å². The lowest BCUT2D eigenvalue weighted by molar-refractivity contribution is -0.383. The van der Waals surface area contributed by atoms with Crippen molar-refractivity contribution in [1.82, 2.24) is 10.3 Å². The van der Waals surface area contributed by atoms with Crippen molar-refractivity contribution in [2.45, 2.75) is 63.5 Å². The maximum atomic E-state index is 11.0. The van der Waals surface area contributed by atoms with Crippen molar-refractivity contribution in [1.29, 1.82) is 0 Å². The second-order valence-electron chi connectivity index (χ2n) is 7.31. The first-order valence-electron chi connectivity index (χ1n) is 10.4. The van der Waals surface area contributed by atoms with E-state index in [1.165, 1.54) is 18.9 Å². The summed E-state index contributed by atoms with van der Waals surface area (Å²) in [5.74, 6) is 0. The number of nitrogens with zero attached hydrogens (tertiary/aromatic N) is 3. The summed E-state index contributed by atoms with van der Waals surface area (Å²) < 4.78 is 4.65. The molecule has 5 N–H and O–H groups in total. The van der Waals surface area contributed by atoms with Crippen LogP contribution in [-0.4, -0.2) is 50.7 Å². The number of nitro benzene ring substituents is 1. The summed E-state index contributed by atoms with van der Waals surface area (Å²) in [7, 11) is 0. The van der Waals surface area contributed by atoms with Gasteiger partial charge in [-0.15, -0.1) is 0 Å². The molecular formula is C20H31N5O5. The number of hydrogen-bond donors (Lipinski definition) is 4. The molecule has 0 unspecified atom stereocenters. The normalized spacial score (nSPS) is 13.7. The topological polar surface area (TPSA) is 161 Å². The number of nitro groups is 1. The lowest BCUT2D eigenvalue weighted by Crippen LogP contribution is -2.36. The number of non-ortho nitro benzene ring substituents is 1. The summed E-state index contributed by atoms with van der Waals surface area (Å²) in [6, 6.07) is 2.43. The second kappa shape index (κ2) is 12.9. The van der Waals surface area contributed by atoms with Gasteiger partial charge in [0, 0.05) is 12.6 Å². The maximum absolute atomic E-state index is 11.0. The molecule has 0 saturated carbocycles. The van der Waals surface area contributed by atoms with Gasteiger partial charge in [-0.2, -0.15) is 0 Å². The molecule has 2 aromatic rings. The number of nitrogens with one attached hydrogen (secondary N) is 1. The van der Waals surface area contributed by atoms with Gasteiger partial charge in [-0.25, -0.2) is 4.63 Å². The molecule has 166 valence electrons. The Bertz CT molecular complexity index is 810. The number of aromatic nitrogens is 2. The number of hydrogen-bond acceptors (Lipinski definition) is 9. The van der Waals surface area contributed by atoms with E-state index in [9.17, 15) is 15.2 Å². The molecule has 10 heteroatoms. The van der Waals surface area contributed by atoms with Gasteiger partial charge in [0.15, 0.2) is 5.52 Å². The summed E-state index contributed by atoms with van der Waals surface area (Å²) in [5.41, 5.74) is 6.64. The molecule has 10 nitrogen and oxygen atoms in total. The fourth-order valence-electron chi connectivity index (χ4n) is 3.12. The fourth-order valence-corrected chi connectivity index (χ4v) is 3.12. The first-order valence-corrected chi connectivity index (χ1v) is 10.4. The highest BCUT2D eigenvalue weighted by atomic mass is 16.6. The Kier molecular flexibility index (Phi) is 10.2. The zero-order valence-corrected chi connectivity index (χ0v) is 17.1. The van der Waals surface area contributed by atoms with Crippen LogP contribution >= 0.6 is 0 Å². The molecule has 0 aliphatic rings. The van der Waals surface area contributed by atoms with Crippen molar-refractivity contribution in [3.8, 4) is 0 Å². The van der Waals surface area contributed by atoms with Crippen molar-refractivity contribution >= 4 is 22.4 Å². The minimum atomic E-state index is -0.786. The molecule has 0 fully saturated rings. The van der Waals surface area contributed by atoms with E-state index in [0.29, 0.717) is 11.2 Å². The average molecular weight is 421 g/mol. The van der Waals surface area contributed by atoms with Gasteiger partial charge in [0.25, 0.3) is 0 Å². The molecule has 0 amide bonds. The number of nitrogens with two attached hydrogens (primary N) is 1.